The van der Waals surface area contributed by atoms with Crippen LogP contribution in [0, 0.1) is 0 Å². The van der Waals surface area contributed by atoms with Crippen LogP contribution in [0.25, 0.3) is 49.4 Å². The Labute approximate surface area is 227 Å². The molecule has 1 aliphatic rings. The molecule has 1 aromatic heterocycles. The number of para-hydroxylation sites is 2. The van der Waals surface area contributed by atoms with E-state index in [1.165, 1.54) is 60.5 Å². The predicted octanol–water partition coefficient (Wildman–Crippen LogP) is 10.0. The summed E-state index contributed by atoms with van der Waals surface area (Å²) in [6.07, 6.45) is 0. The van der Waals surface area contributed by atoms with E-state index < -0.39 is 0 Å². The van der Waals surface area contributed by atoms with E-state index in [2.05, 4.69) is 140 Å². The Morgan fingerprint density at radius 3 is 2.15 bits per heavy atom. The van der Waals surface area contributed by atoms with E-state index in [0.717, 1.165) is 11.5 Å². The maximum Gasteiger partial charge on any atom is 0.131 e. The second kappa shape index (κ2) is 8.09. The Morgan fingerprint density at radius 1 is 0.538 bits per heavy atom. The molecule has 8 rings (SSSR count). The Balaban J connectivity index is 1.36. The first-order chi connectivity index (χ1) is 19.1. The van der Waals surface area contributed by atoms with E-state index in [4.69, 9.17) is 4.74 Å². The maximum absolute atomic E-state index is 6.32. The minimum Gasteiger partial charge on any atom is -0.457 e. The van der Waals surface area contributed by atoms with E-state index in [9.17, 15) is 0 Å². The first kappa shape index (κ1) is 22.2. The van der Waals surface area contributed by atoms with Crippen molar-refractivity contribution >= 4 is 32.6 Å². The molecule has 0 aliphatic carbocycles. The summed E-state index contributed by atoms with van der Waals surface area (Å²) in [6, 6.07) is 45.8. The molecule has 7 aromatic rings. The number of rotatable bonds is 2. The molecule has 0 atom stereocenters. The van der Waals surface area contributed by atoms with Gasteiger partial charge in [-0.1, -0.05) is 98.8 Å². The minimum absolute atomic E-state index is 0.146. The number of nitrogens with zero attached hydrogens (tertiary/aromatic N) is 1. The molecule has 0 spiro atoms. The molecule has 2 nitrogen and oxygen atoms in total. The molecule has 39 heavy (non-hydrogen) atoms. The molecule has 2 heteroatoms. The van der Waals surface area contributed by atoms with Gasteiger partial charge in [0.2, 0.25) is 0 Å². The highest BCUT2D eigenvalue weighted by Crippen LogP contribution is 2.49. The summed E-state index contributed by atoms with van der Waals surface area (Å²) in [5.41, 5.74) is 8.35. The van der Waals surface area contributed by atoms with Crippen LogP contribution >= 0.6 is 0 Å². The van der Waals surface area contributed by atoms with Crippen molar-refractivity contribution in [2.24, 2.45) is 0 Å². The van der Waals surface area contributed by atoms with Gasteiger partial charge in [-0.15, -0.1) is 0 Å². The Hall–Kier alpha value is -4.82. The second-order valence-corrected chi connectivity index (χ2v) is 11.0. The van der Waals surface area contributed by atoms with Crippen LogP contribution in [0.3, 0.4) is 0 Å². The van der Waals surface area contributed by atoms with Crippen LogP contribution in [0.5, 0.6) is 11.5 Å². The van der Waals surface area contributed by atoms with Crippen molar-refractivity contribution in [1.82, 2.24) is 4.57 Å². The molecular weight excluding hydrogens is 474 g/mol. The van der Waals surface area contributed by atoms with Crippen molar-refractivity contribution in [3.05, 3.63) is 139 Å². The minimum atomic E-state index is -0.146. The van der Waals surface area contributed by atoms with Gasteiger partial charge in [0.15, 0.2) is 0 Å². The van der Waals surface area contributed by atoms with E-state index in [-0.39, 0.29) is 5.41 Å². The van der Waals surface area contributed by atoms with Crippen LogP contribution in [0.4, 0.5) is 0 Å². The lowest BCUT2D eigenvalue weighted by Gasteiger charge is -2.34. The molecule has 0 fully saturated rings. The highest BCUT2D eigenvalue weighted by atomic mass is 16.5. The summed E-state index contributed by atoms with van der Waals surface area (Å²) in [5.74, 6) is 1.89. The van der Waals surface area contributed by atoms with Gasteiger partial charge in [0.25, 0.3) is 0 Å². The number of benzene rings is 6. The van der Waals surface area contributed by atoms with Crippen LogP contribution < -0.4 is 4.74 Å². The molecule has 0 saturated heterocycles. The fourth-order valence-corrected chi connectivity index (χ4v) is 6.43. The maximum atomic E-state index is 6.32. The van der Waals surface area contributed by atoms with Crippen LogP contribution in [0.15, 0.2) is 127 Å². The SMILES string of the molecule is CC1(C)c2ccccc2Oc2ccc(-c3ccc4c(c3)c3ccc5ccccc5c3n4-c3ccccc3)cc21. The summed E-state index contributed by atoms with van der Waals surface area (Å²) in [5, 5.41) is 5.05. The molecule has 0 N–H and O–H groups in total. The topological polar surface area (TPSA) is 14.2 Å². The first-order valence-electron chi connectivity index (χ1n) is 13.5. The lowest BCUT2D eigenvalue weighted by Crippen LogP contribution is -2.24. The molecule has 0 radical (unpaired) electrons. The highest BCUT2D eigenvalue weighted by molar-refractivity contribution is 6.19. The van der Waals surface area contributed by atoms with Crippen LogP contribution in [0.1, 0.15) is 25.0 Å². The molecule has 186 valence electrons. The monoisotopic (exact) mass is 501 g/mol. The van der Waals surface area contributed by atoms with Gasteiger partial charge in [-0.3, -0.25) is 0 Å². The van der Waals surface area contributed by atoms with Gasteiger partial charge in [-0.25, -0.2) is 0 Å². The highest BCUT2D eigenvalue weighted by Gasteiger charge is 2.34. The summed E-state index contributed by atoms with van der Waals surface area (Å²) >= 11 is 0. The van der Waals surface area contributed by atoms with Gasteiger partial charge >= 0.3 is 0 Å². The lowest BCUT2D eigenvalue weighted by atomic mass is 9.75. The molecule has 0 bridgehead atoms. The van der Waals surface area contributed by atoms with Crippen molar-refractivity contribution < 1.29 is 4.74 Å². The molecule has 0 saturated carbocycles. The van der Waals surface area contributed by atoms with E-state index >= 15 is 0 Å². The average molecular weight is 502 g/mol. The van der Waals surface area contributed by atoms with Gasteiger partial charge in [0.1, 0.15) is 11.5 Å². The Bertz CT molecular complexity index is 2060. The van der Waals surface area contributed by atoms with Crippen molar-refractivity contribution in [2.45, 2.75) is 19.3 Å². The van der Waals surface area contributed by atoms with E-state index in [1.54, 1.807) is 0 Å². The Kier molecular flexibility index (Phi) is 4.60. The quantitative estimate of drug-likeness (QED) is 0.230. The largest absolute Gasteiger partial charge is 0.457 e. The average Bonchev–Trinajstić information content (AvgIpc) is 3.32. The van der Waals surface area contributed by atoms with Gasteiger partial charge in [-0.2, -0.15) is 0 Å². The zero-order valence-electron chi connectivity index (χ0n) is 22.0. The normalized spacial score (nSPS) is 13.8. The zero-order chi connectivity index (χ0) is 26.1. The Morgan fingerprint density at radius 2 is 1.26 bits per heavy atom. The van der Waals surface area contributed by atoms with Gasteiger partial charge < -0.3 is 9.30 Å². The van der Waals surface area contributed by atoms with Crippen LogP contribution in [-0.2, 0) is 5.41 Å². The molecule has 2 heterocycles. The van der Waals surface area contributed by atoms with Crippen molar-refractivity contribution in [3.63, 3.8) is 0 Å². The summed E-state index contributed by atoms with van der Waals surface area (Å²) in [7, 11) is 0. The van der Waals surface area contributed by atoms with Crippen LogP contribution in [0.2, 0.25) is 0 Å². The third-order valence-electron chi connectivity index (χ3n) is 8.43. The number of ether oxygens (including phenoxy) is 1. The summed E-state index contributed by atoms with van der Waals surface area (Å²) in [4.78, 5) is 0. The van der Waals surface area contributed by atoms with Crippen molar-refractivity contribution in [1.29, 1.82) is 0 Å². The fourth-order valence-electron chi connectivity index (χ4n) is 6.43. The standard InChI is InChI=1S/C37H27NO/c1-37(2)31-14-8-9-15-34(31)39-35-21-18-26(23-32(35)37)25-17-20-33-30(22-25)29-19-16-24-10-6-7-13-28(24)36(29)38(33)27-11-4-3-5-12-27/h3-23H,1-2H3. The smallest absolute Gasteiger partial charge is 0.131 e. The third kappa shape index (κ3) is 3.21. The molecule has 1 aliphatic heterocycles. The van der Waals surface area contributed by atoms with Gasteiger partial charge in [-0.05, 0) is 59.0 Å². The van der Waals surface area contributed by atoms with Gasteiger partial charge in [0.05, 0.1) is 11.0 Å². The molecule has 6 aromatic carbocycles. The first-order valence-corrected chi connectivity index (χ1v) is 13.5. The second-order valence-electron chi connectivity index (χ2n) is 11.0. The fraction of sp³-hybridized carbons (Fsp3) is 0.0811. The summed E-state index contributed by atoms with van der Waals surface area (Å²) in [6.45, 7) is 4.58. The number of hydrogen-bond donors (Lipinski definition) is 0. The van der Waals surface area contributed by atoms with E-state index in [1.807, 2.05) is 6.07 Å². The number of aromatic nitrogens is 1. The molecule has 0 amide bonds. The molecule has 0 unspecified atom stereocenters. The van der Waals surface area contributed by atoms with Crippen molar-refractivity contribution in [2.75, 3.05) is 0 Å². The van der Waals surface area contributed by atoms with Gasteiger partial charge in [0, 0.05) is 38.4 Å². The lowest BCUT2D eigenvalue weighted by molar-refractivity contribution is 0.418. The predicted molar refractivity (Wildman–Crippen MR) is 162 cm³/mol. The van der Waals surface area contributed by atoms with E-state index in [0.29, 0.717) is 0 Å². The number of fused-ring (bicyclic) bond motifs is 7. The number of hydrogen-bond acceptors (Lipinski definition) is 1. The third-order valence-corrected chi connectivity index (χ3v) is 8.43. The molecular formula is C37H27NO. The zero-order valence-corrected chi connectivity index (χ0v) is 22.0. The summed E-state index contributed by atoms with van der Waals surface area (Å²) < 4.78 is 8.74. The van der Waals surface area contributed by atoms with Crippen LogP contribution in [-0.4, -0.2) is 4.57 Å². The van der Waals surface area contributed by atoms with Crippen molar-refractivity contribution in [3.8, 4) is 28.3 Å².